The molecule has 0 fully saturated rings. The van der Waals surface area contributed by atoms with E-state index in [1.54, 1.807) is 25.1 Å². The first-order valence-electron chi connectivity index (χ1n) is 4.40. The van der Waals surface area contributed by atoms with Gasteiger partial charge in [0.25, 0.3) is 0 Å². The van der Waals surface area contributed by atoms with Crippen molar-refractivity contribution >= 4 is 28.6 Å². The molecule has 0 saturated heterocycles. The molecule has 0 aliphatic heterocycles. The summed E-state index contributed by atoms with van der Waals surface area (Å²) in [6.45, 7) is 1.75. The van der Waals surface area contributed by atoms with Crippen LogP contribution in [0.1, 0.15) is 18.4 Å². The molecule has 82 valence electrons. The van der Waals surface area contributed by atoms with Crippen LogP contribution in [0.25, 0.3) is 0 Å². The molecule has 0 saturated carbocycles. The zero-order valence-corrected chi connectivity index (χ0v) is 10.3. The number of carboxylic acids is 1. The van der Waals surface area contributed by atoms with Gasteiger partial charge in [0.2, 0.25) is 0 Å². The first-order chi connectivity index (χ1) is 6.93. The number of phenols is 1. The molecule has 1 rings (SSSR count). The fraction of sp³-hybridized carbons (Fsp3) is 0.300. The van der Waals surface area contributed by atoms with Gasteiger partial charge in [0.15, 0.2) is 0 Å². The van der Waals surface area contributed by atoms with Gasteiger partial charge in [-0.05, 0) is 40.3 Å². The predicted octanol–water partition coefficient (Wildman–Crippen LogP) is 1.51. The Morgan fingerprint density at radius 3 is 2.60 bits per heavy atom. The van der Waals surface area contributed by atoms with Crippen LogP contribution in [0.3, 0.4) is 0 Å². The lowest BCUT2D eigenvalue weighted by Crippen LogP contribution is -2.35. The molecule has 4 N–H and O–H groups in total. The summed E-state index contributed by atoms with van der Waals surface area (Å²) < 4.78 is 0.689. The summed E-state index contributed by atoms with van der Waals surface area (Å²) in [7, 11) is 0. The SMILES string of the molecule is CC(c1ccc(O)c([123I])c1)[C@H](N)C(=O)O. The summed E-state index contributed by atoms with van der Waals surface area (Å²) in [5, 5.41) is 18.1. The van der Waals surface area contributed by atoms with Crippen molar-refractivity contribution in [3.05, 3.63) is 27.3 Å². The van der Waals surface area contributed by atoms with Crippen molar-refractivity contribution in [2.24, 2.45) is 5.73 Å². The van der Waals surface area contributed by atoms with Gasteiger partial charge in [-0.1, -0.05) is 13.0 Å². The molecular weight excluding hydrogens is 305 g/mol. The Bertz CT molecular complexity index is 381. The predicted molar refractivity (Wildman–Crippen MR) is 64.9 cm³/mol. The number of carboxylic acid groups (broad SMARTS) is 1. The Labute approximate surface area is 101 Å². The first kappa shape index (κ1) is 12.3. The highest BCUT2D eigenvalue weighted by Gasteiger charge is 2.21. The molecule has 0 radical (unpaired) electrons. The molecule has 15 heavy (non-hydrogen) atoms. The minimum absolute atomic E-state index is 0.190. The quantitative estimate of drug-likeness (QED) is 0.738. The molecular formula is C10H12INO3. The van der Waals surface area contributed by atoms with Crippen LogP contribution in [0.2, 0.25) is 0 Å². The van der Waals surface area contributed by atoms with Gasteiger partial charge in [0.1, 0.15) is 11.8 Å². The largest absolute Gasteiger partial charge is 0.507 e. The van der Waals surface area contributed by atoms with Crippen molar-refractivity contribution in [1.29, 1.82) is 0 Å². The summed E-state index contributed by atoms with van der Waals surface area (Å²) in [6.07, 6.45) is 0. The maximum Gasteiger partial charge on any atom is 0.321 e. The molecule has 0 aliphatic carbocycles. The smallest absolute Gasteiger partial charge is 0.321 e. The highest BCUT2D eigenvalue weighted by molar-refractivity contribution is 14.1. The minimum atomic E-state index is -1.02. The second kappa shape index (κ2) is 4.80. The first-order valence-corrected chi connectivity index (χ1v) is 5.48. The van der Waals surface area contributed by atoms with Crippen molar-refractivity contribution < 1.29 is 15.0 Å². The van der Waals surface area contributed by atoms with Crippen LogP contribution in [0, 0.1) is 3.57 Å². The number of carbonyl (C=O) groups is 1. The van der Waals surface area contributed by atoms with Crippen molar-refractivity contribution in [1.82, 2.24) is 0 Å². The van der Waals surface area contributed by atoms with E-state index < -0.39 is 12.0 Å². The van der Waals surface area contributed by atoms with Crippen molar-refractivity contribution in [2.75, 3.05) is 0 Å². The maximum atomic E-state index is 10.7. The third-order valence-electron chi connectivity index (χ3n) is 2.32. The van der Waals surface area contributed by atoms with E-state index in [1.807, 2.05) is 22.6 Å². The van der Waals surface area contributed by atoms with Crippen LogP contribution < -0.4 is 5.73 Å². The van der Waals surface area contributed by atoms with Gasteiger partial charge < -0.3 is 15.9 Å². The second-order valence-corrected chi connectivity index (χ2v) is 4.53. The van der Waals surface area contributed by atoms with Gasteiger partial charge in [0, 0.05) is 5.92 Å². The van der Waals surface area contributed by atoms with Gasteiger partial charge in [-0.15, -0.1) is 0 Å². The Balaban J connectivity index is 2.96. The Morgan fingerprint density at radius 2 is 2.13 bits per heavy atom. The van der Waals surface area contributed by atoms with E-state index in [-0.39, 0.29) is 11.7 Å². The zero-order chi connectivity index (χ0) is 11.6. The summed E-state index contributed by atoms with van der Waals surface area (Å²) in [4.78, 5) is 10.7. The Morgan fingerprint density at radius 1 is 1.53 bits per heavy atom. The monoisotopic (exact) mass is 317 g/mol. The normalized spacial score (nSPS) is 14.6. The topological polar surface area (TPSA) is 83.5 Å². The minimum Gasteiger partial charge on any atom is -0.507 e. The second-order valence-electron chi connectivity index (χ2n) is 3.36. The van der Waals surface area contributed by atoms with E-state index in [9.17, 15) is 9.90 Å². The third kappa shape index (κ3) is 2.82. The average molecular weight is 317 g/mol. The molecule has 5 heteroatoms. The molecule has 0 aliphatic rings. The molecule has 0 heterocycles. The van der Waals surface area contributed by atoms with Crippen molar-refractivity contribution in [3.63, 3.8) is 0 Å². The lowest BCUT2D eigenvalue weighted by molar-refractivity contribution is -0.139. The Hall–Kier alpha value is -0.820. The van der Waals surface area contributed by atoms with Gasteiger partial charge in [0.05, 0.1) is 3.57 Å². The lowest BCUT2D eigenvalue weighted by Gasteiger charge is -2.16. The number of aromatic hydroxyl groups is 1. The molecule has 4 nitrogen and oxygen atoms in total. The summed E-state index contributed by atoms with van der Waals surface area (Å²) in [6, 6.07) is 4.04. The standard InChI is InChI=1S/C10H12INO3/c1-5(9(12)10(14)15)6-2-3-8(13)7(11)4-6/h2-5,9,13H,12H2,1H3,(H,14,15)/t5?,9-/m0/s1/i11-4. The van der Waals surface area contributed by atoms with E-state index in [1.165, 1.54) is 0 Å². The lowest BCUT2D eigenvalue weighted by atomic mass is 9.94. The molecule has 1 unspecified atom stereocenters. The molecule has 0 aromatic heterocycles. The van der Waals surface area contributed by atoms with Crippen molar-refractivity contribution in [2.45, 2.75) is 18.9 Å². The van der Waals surface area contributed by atoms with E-state index in [0.717, 1.165) is 5.56 Å². The van der Waals surface area contributed by atoms with Gasteiger partial charge in [-0.25, -0.2) is 0 Å². The molecule has 2 atom stereocenters. The molecule has 1 aromatic rings. The van der Waals surface area contributed by atoms with E-state index in [4.69, 9.17) is 10.8 Å². The number of benzene rings is 1. The van der Waals surface area contributed by atoms with Crippen molar-refractivity contribution in [3.8, 4) is 5.75 Å². The maximum absolute atomic E-state index is 10.7. The van der Waals surface area contributed by atoms with Crippen LogP contribution in [0.4, 0.5) is 0 Å². The van der Waals surface area contributed by atoms with Gasteiger partial charge >= 0.3 is 5.97 Å². The molecule has 0 bridgehead atoms. The zero-order valence-electron chi connectivity index (χ0n) is 8.14. The number of rotatable bonds is 3. The summed E-state index contributed by atoms with van der Waals surface area (Å²) in [5.41, 5.74) is 6.33. The van der Waals surface area contributed by atoms with Crippen LogP contribution in [-0.4, -0.2) is 22.2 Å². The average Bonchev–Trinajstić information content (AvgIpc) is 2.19. The van der Waals surface area contributed by atoms with E-state index >= 15 is 0 Å². The summed E-state index contributed by atoms with van der Waals surface area (Å²) >= 11 is 1.99. The molecule has 0 spiro atoms. The third-order valence-corrected chi connectivity index (χ3v) is 3.19. The fourth-order valence-electron chi connectivity index (χ4n) is 1.23. The summed E-state index contributed by atoms with van der Waals surface area (Å²) in [5.74, 6) is -1.11. The molecule has 0 amide bonds. The number of hydrogen-bond donors (Lipinski definition) is 3. The highest BCUT2D eigenvalue weighted by Crippen LogP contribution is 2.25. The van der Waals surface area contributed by atoms with Crippen LogP contribution >= 0.6 is 22.6 Å². The van der Waals surface area contributed by atoms with Crippen LogP contribution in [0.15, 0.2) is 18.2 Å². The van der Waals surface area contributed by atoms with E-state index in [2.05, 4.69) is 0 Å². The fourth-order valence-corrected chi connectivity index (χ4v) is 1.77. The number of nitrogens with two attached hydrogens (primary N) is 1. The number of halogens is 1. The number of hydrogen-bond acceptors (Lipinski definition) is 3. The Kier molecular flexibility index (Phi) is 3.92. The van der Waals surface area contributed by atoms with Gasteiger partial charge in [-0.3, -0.25) is 4.79 Å². The van der Waals surface area contributed by atoms with Gasteiger partial charge in [-0.2, -0.15) is 0 Å². The molecule has 1 aromatic carbocycles. The highest BCUT2D eigenvalue weighted by atomic mass is 123. The van der Waals surface area contributed by atoms with Crippen LogP contribution in [0.5, 0.6) is 5.75 Å². The number of aliphatic carboxylic acids is 1. The van der Waals surface area contributed by atoms with E-state index in [0.29, 0.717) is 3.57 Å². The number of phenolic OH excluding ortho intramolecular Hbond substituents is 1. The van der Waals surface area contributed by atoms with Crippen LogP contribution in [-0.2, 0) is 4.79 Å².